The van der Waals surface area contributed by atoms with Crippen LogP contribution in [0.3, 0.4) is 0 Å². The number of ether oxygens (including phenoxy) is 1. The normalized spacial score (nSPS) is 18.7. The Labute approximate surface area is 121 Å². The molecule has 0 spiro atoms. The highest BCUT2D eigenvalue weighted by molar-refractivity contribution is 9.10. The van der Waals surface area contributed by atoms with Gasteiger partial charge in [-0.05, 0) is 24.6 Å². The molecular weight excluding hydrogens is 302 g/mol. The Morgan fingerprint density at radius 2 is 1.89 bits per heavy atom. The molecule has 2 unspecified atom stereocenters. The predicted octanol–water partition coefficient (Wildman–Crippen LogP) is 4.23. The number of para-hydroxylation sites is 1. The molecule has 2 nitrogen and oxygen atoms in total. The monoisotopic (exact) mass is 317 g/mol. The maximum absolute atomic E-state index is 5.70. The Morgan fingerprint density at radius 3 is 2.74 bits per heavy atom. The molecule has 0 saturated carbocycles. The van der Waals surface area contributed by atoms with Crippen LogP contribution in [0, 0.1) is 0 Å². The molecule has 0 saturated heterocycles. The Morgan fingerprint density at radius 1 is 1.16 bits per heavy atom. The van der Waals surface area contributed by atoms with Crippen molar-refractivity contribution in [2.45, 2.75) is 19.0 Å². The van der Waals surface area contributed by atoms with E-state index in [4.69, 9.17) is 4.74 Å². The molecule has 1 aliphatic heterocycles. The number of hydrogen-bond donors (Lipinski definition) is 1. The van der Waals surface area contributed by atoms with Gasteiger partial charge < -0.3 is 10.1 Å². The van der Waals surface area contributed by atoms with Crippen LogP contribution < -0.4 is 10.1 Å². The maximum Gasteiger partial charge on any atom is 0.124 e. The summed E-state index contributed by atoms with van der Waals surface area (Å²) in [4.78, 5) is 0. The minimum absolute atomic E-state index is 0.262. The molecule has 2 aromatic rings. The lowest BCUT2D eigenvalue weighted by atomic mass is 10.0. The van der Waals surface area contributed by atoms with Gasteiger partial charge in [0.05, 0.1) is 6.04 Å². The Kier molecular flexibility index (Phi) is 3.58. The highest BCUT2D eigenvalue weighted by Crippen LogP contribution is 2.34. The minimum Gasteiger partial charge on any atom is -0.491 e. The van der Waals surface area contributed by atoms with E-state index < -0.39 is 0 Å². The summed E-state index contributed by atoms with van der Waals surface area (Å²) in [5.41, 5.74) is 2.52. The van der Waals surface area contributed by atoms with Gasteiger partial charge in [-0.3, -0.25) is 0 Å². The average Bonchev–Trinajstić information content (AvgIpc) is 2.83. The molecule has 0 fully saturated rings. The zero-order chi connectivity index (χ0) is 13.2. The van der Waals surface area contributed by atoms with Crippen molar-refractivity contribution in [3.05, 3.63) is 64.1 Å². The van der Waals surface area contributed by atoms with Gasteiger partial charge in [0, 0.05) is 16.1 Å². The Hall–Kier alpha value is -1.32. The number of fused-ring (bicyclic) bond motifs is 1. The number of halogens is 1. The summed E-state index contributed by atoms with van der Waals surface area (Å²) in [6.45, 7) is 2.88. The second-order valence-electron chi connectivity index (χ2n) is 4.81. The zero-order valence-corrected chi connectivity index (χ0v) is 12.4. The summed E-state index contributed by atoms with van der Waals surface area (Å²) in [6, 6.07) is 17.1. The molecule has 3 heteroatoms. The third-order valence-electron chi connectivity index (χ3n) is 3.52. The summed E-state index contributed by atoms with van der Waals surface area (Å²) >= 11 is 3.61. The van der Waals surface area contributed by atoms with Gasteiger partial charge >= 0.3 is 0 Å². The van der Waals surface area contributed by atoms with Crippen molar-refractivity contribution >= 4 is 15.9 Å². The van der Waals surface area contributed by atoms with Crippen molar-refractivity contribution in [2.24, 2.45) is 0 Å². The molecule has 98 valence electrons. The van der Waals surface area contributed by atoms with Crippen LogP contribution in [-0.4, -0.2) is 6.61 Å². The lowest BCUT2D eigenvalue weighted by Gasteiger charge is -2.20. The molecule has 0 aromatic heterocycles. The second-order valence-corrected chi connectivity index (χ2v) is 5.67. The fraction of sp³-hybridized carbons (Fsp3) is 0.250. The molecule has 2 atom stereocenters. The van der Waals surface area contributed by atoms with E-state index >= 15 is 0 Å². The van der Waals surface area contributed by atoms with Crippen LogP contribution in [-0.2, 0) is 0 Å². The summed E-state index contributed by atoms with van der Waals surface area (Å²) in [6.07, 6.45) is 0. The zero-order valence-electron chi connectivity index (χ0n) is 10.8. The van der Waals surface area contributed by atoms with Crippen LogP contribution in [0.4, 0.5) is 0 Å². The second kappa shape index (κ2) is 5.35. The standard InChI is InChI=1S/C16H16BrNO/c1-11(12-6-2-4-8-14(12)17)18-15-10-19-16-9-5-3-7-13(15)16/h2-9,11,15,18H,10H2,1H3. The SMILES string of the molecule is CC(NC1COc2ccccc21)c1ccccc1Br. The first-order chi connectivity index (χ1) is 9.25. The molecule has 1 heterocycles. The van der Waals surface area contributed by atoms with E-state index in [0.717, 1.165) is 10.2 Å². The molecule has 2 aromatic carbocycles. The van der Waals surface area contributed by atoms with Gasteiger partial charge in [-0.25, -0.2) is 0 Å². The largest absolute Gasteiger partial charge is 0.491 e. The van der Waals surface area contributed by atoms with E-state index in [0.29, 0.717) is 6.61 Å². The first kappa shape index (κ1) is 12.7. The lowest BCUT2D eigenvalue weighted by molar-refractivity contribution is 0.301. The van der Waals surface area contributed by atoms with Crippen LogP contribution in [0.5, 0.6) is 5.75 Å². The van der Waals surface area contributed by atoms with E-state index in [9.17, 15) is 0 Å². The number of nitrogens with one attached hydrogen (secondary N) is 1. The summed E-state index contributed by atoms with van der Waals surface area (Å²) in [7, 11) is 0. The molecule has 1 N–H and O–H groups in total. The number of hydrogen-bond acceptors (Lipinski definition) is 2. The molecule has 0 aliphatic carbocycles. The summed E-state index contributed by atoms with van der Waals surface area (Å²) in [5, 5.41) is 3.64. The van der Waals surface area contributed by atoms with Crippen molar-refractivity contribution in [3.63, 3.8) is 0 Å². The van der Waals surface area contributed by atoms with Crippen molar-refractivity contribution in [1.82, 2.24) is 5.32 Å². The van der Waals surface area contributed by atoms with Gasteiger partial charge in [-0.2, -0.15) is 0 Å². The summed E-state index contributed by atoms with van der Waals surface area (Å²) in [5.74, 6) is 0.999. The van der Waals surface area contributed by atoms with Crippen LogP contribution in [0.15, 0.2) is 53.0 Å². The lowest BCUT2D eigenvalue weighted by Crippen LogP contribution is -2.25. The van der Waals surface area contributed by atoms with Gasteiger partial charge in [0.25, 0.3) is 0 Å². The van der Waals surface area contributed by atoms with Crippen molar-refractivity contribution in [1.29, 1.82) is 0 Å². The fourth-order valence-electron chi connectivity index (χ4n) is 2.52. The topological polar surface area (TPSA) is 21.3 Å². The van der Waals surface area contributed by atoms with E-state index in [-0.39, 0.29) is 12.1 Å². The van der Waals surface area contributed by atoms with Crippen LogP contribution in [0.2, 0.25) is 0 Å². The Balaban J connectivity index is 1.78. The van der Waals surface area contributed by atoms with Crippen LogP contribution in [0.25, 0.3) is 0 Å². The highest BCUT2D eigenvalue weighted by Gasteiger charge is 2.25. The van der Waals surface area contributed by atoms with E-state index in [1.807, 2.05) is 18.2 Å². The average molecular weight is 318 g/mol. The Bertz CT molecular complexity index is 584. The smallest absolute Gasteiger partial charge is 0.124 e. The van der Waals surface area contributed by atoms with Gasteiger partial charge in [0.2, 0.25) is 0 Å². The van der Waals surface area contributed by atoms with Crippen LogP contribution in [0.1, 0.15) is 30.1 Å². The highest BCUT2D eigenvalue weighted by atomic mass is 79.9. The third kappa shape index (κ3) is 2.53. The number of benzene rings is 2. The first-order valence-electron chi connectivity index (χ1n) is 6.48. The van der Waals surface area contributed by atoms with Crippen molar-refractivity contribution < 1.29 is 4.74 Å². The number of rotatable bonds is 3. The van der Waals surface area contributed by atoms with E-state index in [1.165, 1.54) is 11.1 Å². The first-order valence-corrected chi connectivity index (χ1v) is 7.27. The van der Waals surface area contributed by atoms with Crippen molar-refractivity contribution in [2.75, 3.05) is 6.61 Å². The van der Waals surface area contributed by atoms with Gasteiger partial charge in [-0.15, -0.1) is 0 Å². The van der Waals surface area contributed by atoms with Crippen molar-refractivity contribution in [3.8, 4) is 5.75 Å². The third-order valence-corrected chi connectivity index (χ3v) is 4.25. The van der Waals surface area contributed by atoms with Gasteiger partial charge in [0.15, 0.2) is 0 Å². The summed E-state index contributed by atoms with van der Waals surface area (Å²) < 4.78 is 6.84. The fourth-order valence-corrected chi connectivity index (χ4v) is 3.15. The van der Waals surface area contributed by atoms with Gasteiger partial charge in [0.1, 0.15) is 12.4 Å². The molecule has 3 rings (SSSR count). The molecule has 0 amide bonds. The minimum atomic E-state index is 0.262. The quantitative estimate of drug-likeness (QED) is 0.914. The van der Waals surface area contributed by atoms with Crippen LogP contribution >= 0.6 is 15.9 Å². The maximum atomic E-state index is 5.70. The van der Waals surface area contributed by atoms with E-state index in [1.54, 1.807) is 0 Å². The molecular formula is C16H16BrNO. The molecule has 1 aliphatic rings. The van der Waals surface area contributed by atoms with Gasteiger partial charge in [-0.1, -0.05) is 52.3 Å². The molecule has 19 heavy (non-hydrogen) atoms. The van der Waals surface area contributed by atoms with E-state index in [2.05, 4.69) is 58.5 Å². The molecule has 0 radical (unpaired) electrons. The molecule has 0 bridgehead atoms. The predicted molar refractivity (Wildman–Crippen MR) is 80.4 cm³/mol.